The molecule has 1 rings (SSSR count). The summed E-state index contributed by atoms with van der Waals surface area (Å²) in [5, 5.41) is 0. The molecule has 0 radical (unpaired) electrons. The average molecular weight is 180 g/mol. The molecule has 0 saturated heterocycles. The third-order valence-corrected chi connectivity index (χ3v) is 2.40. The lowest BCUT2D eigenvalue weighted by Crippen LogP contribution is -1.83. The van der Waals surface area contributed by atoms with E-state index in [1.54, 1.807) is 6.26 Å². The molecule has 1 heterocycles. The molecular weight excluding hydrogens is 160 g/mol. The zero-order valence-electron chi connectivity index (χ0n) is 8.59. The Bertz CT molecular complexity index is 189. The topological polar surface area (TPSA) is 13.1 Å². The Morgan fingerprint density at radius 2 is 1.85 bits per heavy atom. The fraction of sp³-hybridized carbons (Fsp3) is 0.667. The van der Waals surface area contributed by atoms with Crippen LogP contribution in [0.1, 0.15) is 51.0 Å². The molecule has 0 aromatic carbocycles. The van der Waals surface area contributed by atoms with Crippen LogP contribution in [0.2, 0.25) is 0 Å². The molecule has 0 aliphatic carbocycles. The van der Waals surface area contributed by atoms with E-state index in [-0.39, 0.29) is 0 Å². The molecule has 0 atom stereocenters. The Morgan fingerprint density at radius 1 is 1.08 bits per heavy atom. The number of hydrogen-bond acceptors (Lipinski definition) is 1. The van der Waals surface area contributed by atoms with Crippen molar-refractivity contribution < 1.29 is 4.42 Å². The molecular formula is C12H20O. The molecule has 1 aromatic rings. The summed E-state index contributed by atoms with van der Waals surface area (Å²) in [4.78, 5) is 0. The maximum atomic E-state index is 5.01. The minimum absolute atomic E-state index is 1.18. The van der Waals surface area contributed by atoms with Crippen LogP contribution in [0.5, 0.6) is 0 Å². The standard InChI is InChI=1S/C12H20O/c1-2-3-4-5-6-7-8-12-9-10-13-11-12/h9-11H,2-8H2,1H3. The van der Waals surface area contributed by atoms with E-state index < -0.39 is 0 Å². The van der Waals surface area contributed by atoms with Gasteiger partial charge in [0.1, 0.15) is 0 Å². The molecule has 0 aliphatic rings. The molecule has 0 spiro atoms. The second kappa shape index (κ2) is 6.76. The molecule has 0 N–H and O–H groups in total. The third-order valence-electron chi connectivity index (χ3n) is 2.40. The molecule has 0 saturated carbocycles. The van der Waals surface area contributed by atoms with E-state index in [0.29, 0.717) is 0 Å². The summed E-state index contributed by atoms with van der Waals surface area (Å²) in [6.07, 6.45) is 13.0. The van der Waals surface area contributed by atoms with Gasteiger partial charge >= 0.3 is 0 Å². The maximum absolute atomic E-state index is 5.01. The van der Waals surface area contributed by atoms with Crippen LogP contribution in [0.15, 0.2) is 23.0 Å². The number of aryl methyl sites for hydroxylation is 1. The van der Waals surface area contributed by atoms with E-state index in [4.69, 9.17) is 4.42 Å². The van der Waals surface area contributed by atoms with Crippen molar-refractivity contribution in [1.82, 2.24) is 0 Å². The first-order valence-electron chi connectivity index (χ1n) is 5.44. The molecule has 0 amide bonds. The van der Waals surface area contributed by atoms with Crippen LogP contribution in [0.3, 0.4) is 0 Å². The minimum atomic E-state index is 1.18. The van der Waals surface area contributed by atoms with Crippen LogP contribution >= 0.6 is 0 Å². The van der Waals surface area contributed by atoms with Crippen molar-refractivity contribution in [2.75, 3.05) is 0 Å². The number of rotatable bonds is 7. The van der Waals surface area contributed by atoms with Crippen molar-refractivity contribution in [1.29, 1.82) is 0 Å². The van der Waals surface area contributed by atoms with E-state index in [9.17, 15) is 0 Å². The summed E-state index contributed by atoms with van der Waals surface area (Å²) in [7, 11) is 0. The Balaban J connectivity index is 1.90. The first-order valence-corrected chi connectivity index (χ1v) is 5.44. The summed E-state index contributed by atoms with van der Waals surface area (Å²) in [6.45, 7) is 2.26. The smallest absolute Gasteiger partial charge is 0.0934 e. The SMILES string of the molecule is CCCCCCCCc1ccoc1. The second-order valence-corrected chi connectivity index (χ2v) is 3.65. The molecule has 0 fully saturated rings. The van der Waals surface area contributed by atoms with Gasteiger partial charge in [0.05, 0.1) is 12.5 Å². The van der Waals surface area contributed by atoms with Gasteiger partial charge in [0.25, 0.3) is 0 Å². The summed E-state index contributed by atoms with van der Waals surface area (Å²) < 4.78 is 5.01. The van der Waals surface area contributed by atoms with Gasteiger partial charge in [0, 0.05) is 0 Å². The summed E-state index contributed by atoms with van der Waals surface area (Å²) in [5.74, 6) is 0. The van der Waals surface area contributed by atoms with Crippen LogP contribution in [-0.2, 0) is 6.42 Å². The first-order chi connectivity index (χ1) is 6.43. The second-order valence-electron chi connectivity index (χ2n) is 3.65. The molecule has 1 nitrogen and oxygen atoms in total. The van der Waals surface area contributed by atoms with Gasteiger partial charge < -0.3 is 4.42 Å². The molecule has 1 aromatic heterocycles. The Kier molecular flexibility index (Phi) is 5.39. The van der Waals surface area contributed by atoms with Crippen LogP contribution in [0, 0.1) is 0 Å². The predicted octanol–water partition coefficient (Wildman–Crippen LogP) is 4.18. The number of hydrogen-bond donors (Lipinski definition) is 0. The Labute approximate surface area is 81.1 Å². The third kappa shape index (κ3) is 4.76. The van der Waals surface area contributed by atoms with E-state index in [1.165, 1.54) is 50.5 Å². The highest BCUT2D eigenvalue weighted by Crippen LogP contribution is 2.09. The van der Waals surface area contributed by atoms with Crippen LogP contribution in [-0.4, -0.2) is 0 Å². The van der Waals surface area contributed by atoms with Crippen molar-refractivity contribution in [2.24, 2.45) is 0 Å². The van der Waals surface area contributed by atoms with Crippen LogP contribution in [0.25, 0.3) is 0 Å². The van der Waals surface area contributed by atoms with Crippen LogP contribution in [0.4, 0.5) is 0 Å². The van der Waals surface area contributed by atoms with Crippen molar-refractivity contribution in [3.8, 4) is 0 Å². The van der Waals surface area contributed by atoms with Crippen molar-refractivity contribution in [2.45, 2.75) is 51.9 Å². The van der Waals surface area contributed by atoms with E-state index in [2.05, 4.69) is 13.0 Å². The molecule has 74 valence electrons. The van der Waals surface area contributed by atoms with Gasteiger partial charge in [0.15, 0.2) is 0 Å². The highest BCUT2D eigenvalue weighted by molar-refractivity contribution is 5.04. The van der Waals surface area contributed by atoms with Gasteiger partial charge in [-0.2, -0.15) is 0 Å². The van der Waals surface area contributed by atoms with Crippen molar-refractivity contribution in [3.05, 3.63) is 24.2 Å². The van der Waals surface area contributed by atoms with Crippen molar-refractivity contribution in [3.63, 3.8) is 0 Å². The zero-order valence-corrected chi connectivity index (χ0v) is 8.59. The monoisotopic (exact) mass is 180 g/mol. The van der Waals surface area contributed by atoms with Gasteiger partial charge in [-0.1, -0.05) is 39.0 Å². The molecule has 13 heavy (non-hydrogen) atoms. The van der Waals surface area contributed by atoms with Gasteiger partial charge in [-0.15, -0.1) is 0 Å². The average Bonchev–Trinajstić information content (AvgIpc) is 2.63. The lowest BCUT2D eigenvalue weighted by molar-refractivity contribution is 0.560. The molecule has 0 unspecified atom stereocenters. The van der Waals surface area contributed by atoms with Crippen LogP contribution < -0.4 is 0 Å². The van der Waals surface area contributed by atoms with Gasteiger partial charge in [0.2, 0.25) is 0 Å². The first kappa shape index (κ1) is 10.4. The fourth-order valence-corrected chi connectivity index (χ4v) is 1.54. The quantitative estimate of drug-likeness (QED) is 0.574. The molecule has 0 aliphatic heterocycles. The molecule has 0 bridgehead atoms. The maximum Gasteiger partial charge on any atom is 0.0934 e. The minimum Gasteiger partial charge on any atom is -0.472 e. The van der Waals surface area contributed by atoms with E-state index >= 15 is 0 Å². The Hall–Kier alpha value is -0.720. The highest BCUT2D eigenvalue weighted by atomic mass is 16.3. The highest BCUT2D eigenvalue weighted by Gasteiger charge is 1.94. The predicted molar refractivity (Wildman–Crippen MR) is 55.8 cm³/mol. The lowest BCUT2D eigenvalue weighted by atomic mass is 10.1. The van der Waals surface area contributed by atoms with Gasteiger partial charge in [-0.25, -0.2) is 0 Å². The van der Waals surface area contributed by atoms with Gasteiger partial charge in [-0.3, -0.25) is 0 Å². The lowest BCUT2D eigenvalue weighted by Gasteiger charge is -1.98. The summed E-state index contributed by atoms with van der Waals surface area (Å²) in [5.41, 5.74) is 1.34. The summed E-state index contributed by atoms with van der Waals surface area (Å²) >= 11 is 0. The molecule has 1 heteroatoms. The van der Waals surface area contributed by atoms with E-state index in [1.807, 2.05) is 6.26 Å². The van der Waals surface area contributed by atoms with E-state index in [0.717, 1.165) is 0 Å². The summed E-state index contributed by atoms with van der Waals surface area (Å²) in [6, 6.07) is 2.06. The largest absolute Gasteiger partial charge is 0.472 e. The Morgan fingerprint density at radius 3 is 2.54 bits per heavy atom. The van der Waals surface area contributed by atoms with Gasteiger partial charge in [-0.05, 0) is 24.5 Å². The number of unbranched alkanes of at least 4 members (excludes halogenated alkanes) is 5. The number of furan rings is 1. The normalized spacial score (nSPS) is 10.5. The fourth-order valence-electron chi connectivity index (χ4n) is 1.54. The zero-order chi connectivity index (χ0) is 9.36. The van der Waals surface area contributed by atoms with Crippen molar-refractivity contribution >= 4 is 0 Å².